The zero-order valence-electron chi connectivity index (χ0n) is 15.7. The Morgan fingerprint density at radius 2 is 2.00 bits per heavy atom. The quantitative estimate of drug-likeness (QED) is 0.436. The number of nitrogens with zero attached hydrogens (tertiary/aromatic N) is 4. The zero-order chi connectivity index (χ0) is 18.1. The van der Waals surface area contributed by atoms with Crippen molar-refractivity contribution in [2.45, 2.75) is 18.9 Å². The summed E-state index contributed by atoms with van der Waals surface area (Å²) < 4.78 is 1.84. The number of hydrogen-bond acceptors (Lipinski definition) is 3. The van der Waals surface area contributed by atoms with E-state index in [1.165, 1.54) is 11.1 Å². The third-order valence-electron chi connectivity index (χ3n) is 4.20. The van der Waals surface area contributed by atoms with Crippen LogP contribution in [-0.4, -0.2) is 54.9 Å². The molecule has 0 saturated heterocycles. The fraction of sp³-hybridized carbons (Fsp3) is 0.474. The molecule has 0 aliphatic carbocycles. The van der Waals surface area contributed by atoms with Crippen LogP contribution in [0.5, 0.6) is 0 Å². The van der Waals surface area contributed by atoms with Gasteiger partial charge in [-0.15, -0.1) is 0 Å². The molecule has 1 atom stereocenters. The summed E-state index contributed by atoms with van der Waals surface area (Å²) in [6.07, 6.45) is 6.12. The predicted molar refractivity (Wildman–Crippen MR) is 104 cm³/mol. The molecule has 0 fully saturated rings. The molecule has 1 aromatic heterocycles. The summed E-state index contributed by atoms with van der Waals surface area (Å²) in [7, 11) is 7.91. The molecule has 0 radical (unpaired) electrons. The molecule has 0 aliphatic rings. The fourth-order valence-electron chi connectivity index (χ4n) is 2.77. The Morgan fingerprint density at radius 3 is 2.60 bits per heavy atom. The predicted octanol–water partition coefficient (Wildman–Crippen LogP) is 1.82. The Balaban J connectivity index is 1.76. The van der Waals surface area contributed by atoms with Crippen molar-refractivity contribution < 1.29 is 0 Å². The largest absolute Gasteiger partial charge is 0.356 e. The zero-order valence-corrected chi connectivity index (χ0v) is 15.7. The summed E-state index contributed by atoms with van der Waals surface area (Å²) in [5, 5.41) is 11.1. The second kappa shape index (κ2) is 9.84. The average Bonchev–Trinajstić information content (AvgIpc) is 3.03. The standard InChI is InChI=1S/C19H30N6/c1-20-19(21-12-8-11-16-9-6-5-7-10-16)22-14-18(24(2)3)17-13-23-25(4)15-17/h5-7,9-10,13,15,18H,8,11-12,14H2,1-4H3,(H2,20,21,22). The van der Waals surface area contributed by atoms with Crippen LogP contribution in [0.15, 0.2) is 47.7 Å². The number of aryl methyl sites for hydroxylation is 2. The van der Waals surface area contributed by atoms with Crippen LogP contribution in [0.25, 0.3) is 0 Å². The van der Waals surface area contributed by atoms with Crippen LogP contribution in [0, 0.1) is 0 Å². The molecule has 6 nitrogen and oxygen atoms in total. The summed E-state index contributed by atoms with van der Waals surface area (Å²) in [6.45, 7) is 1.67. The van der Waals surface area contributed by atoms with Gasteiger partial charge < -0.3 is 15.5 Å². The summed E-state index contributed by atoms with van der Waals surface area (Å²) in [4.78, 5) is 6.51. The first kappa shape index (κ1) is 19.0. The van der Waals surface area contributed by atoms with Gasteiger partial charge in [-0.25, -0.2) is 0 Å². The summed E-state index contributed by atoms with van der Waals surface area (Å²) in [5.41, 5.74) is 2.57. The van der Waals surface area contributed by atoms with E-state index in [0.29, 0.717) is 0 Å². The third kappa shape index (κ3) is 6.23. The highest BCUT2D eigenvalue weighted by atomic mass is 15.3. The number of nitrogens with one attached hydrogen (secondary N) is 2. The van der Waals surface area contributed by atoms with Gasteiger partial charge in [-0.1, -0.05) is 30.3 Å². The van der Waals surface area contributed by atoms with Crippen molar-refractivity contribution in [3.63, 3.8) is 0 Å². The Bertz CT molecular complexity index is 647. The Morgan fingerprint density at radius 1 is 1.24 bits per heavy atom. The lowest BCUT2D eigenvalue weighted by atomic mass is 10.1. The molecule has 0 aliphatic heterocycles. The first-order valence-electron chi connectivity index (χ1n) is 8.73. The molecule has 0 amide bonds. The lowest BCUT2D eigenvalue weighted by Gasteiger charge is -2.24. The molecule has 6 heteroatoms. The molecule has 2 rings (SSSR count). The van der Waals surface area contributed by atoms with Crippen molar-refractivity contribution in [1.82, 2.24) is 25.3 Å². The minimum absolute atomic E-state index is 0.247. The lowest BCUT2D eigenvalue weighted by Crippen LogP contribution is -2.42. The van der Waals surface area contributed by atoms with E-state index < -0.39 is 0 Å². The molecule has 136 valence electrons. The maximum atomic E-state index is 4.32. The number of hydrogen-bond donors (Lipinski definition) is 2. The van der Waals surface area contributed by atoms with Crippen LogP contribution in [0.3, 0.4) is 0 Å². The molecule has 1 aromatic carbocycles. The Hall–Kier alpha value is -2.34. The van der Waals surface area contributed by atoms with Gasteiger partial charge in [0.15, 0.2) is 5.96 Å². The Kier molecular flexibility index (Phi) is 7.47. The van der Waals surface area contributed by atoms with Crippen LogP contribution < -0.4 is 10.6 Å². The first-order chi connectivity index (χ1) is 12.1. The maximum absolute atomic E-state index is 4.32. The maximum Gasteiger partial charge on any atom is 0.191 e. The van der Waals surface area contributed by atoms with Gasteiger partial charge in [-0.2, -0.15) is 5.10 Å². The minimum Gasteiger partial charge on any atom is -0.356 e. The van der Waals surface area contributed by atoms with E-state index in [9.17, 15) is 0 Å². The van der Waals surface area contributed by atoms with Crippen LogP contribution >= 0.6 is 0 Å². The van der Waals surface area contributed by atoms with Crippen molar-refractivity contribution in [1.29, 1.82) is 0 Å². The summed E-state index contributed by atoms with van der Waals surface area (Å²) in [5.74, 6) is 0.837. The van der Waals surface area contributed by atoms with E-state index in [1.807, 2.05) is 17.9 Å². The fourth-order valence-corrected chi connectivity index (χ4v) is 2.77. The molecule has 0 spiro atoms. The summed E-state index contributed by atoms with van der Waals surface area (Å²) >= 11 is 0. The van der Waals surface area contributed by atoms with Crippen molar-refractivity contribution in [3.05, 3.63) is 53.9 Å². The number of aromatic nitrogens is 2. The normalized spacial score (nSPS) is 13.1. The first-order valence-corrected chi connectivity index (χ1v) is 8.73. The smallest absolute Gasteiger partial charge is 0.191 e. The molecular weight excluding hydrogens is 312 g/mol. The molecule has 0 saturated carbocycles. The van der Waals surface area contributed by atoms with Crippen molar-refractivity contribution in [2.24, 2.45) is 12.0 Å². The van der Waals surface area contributed by atoms with E-state index in [-0.39, 0.29) is 6.04 Å². The van der Waals surface area contributed by atoms with Crippen LogP contribution in [0.1, 0.15) is 23.6 Å². The van der Waals surface area contributed by atoms with Crippen LogP contribution in [0.2, 0.25) is 0 Å². The van der Waals surface area contributed by atoms with Crippen molar-refractivity contribution in [3.8, 4) is 0 Å². The second-order valence-electron chi connectivity index (χ2n) is 6.40. The van der Waals surface area contributed by atoms with Crippen molar-refractivity contribution >= 4 is 5.96 Å². The number of aliphatic imine (C=N–C) groups is 1. The highest BCUT2D eigenvalue weighted by Gasteiger charge is 2.16. The molecular formula is C19H30N6. The molecule has 2 aromatic rings. The topological polar surface area (TPSA) is 57.5 Å². The van der Waals surface area contributed by atoms with E-state index in [4.69, 9.17) is 0 Å². The van der Waals surface area contributed by atoms with E-state index in [1.54, 1.807) is 7.05 Å². The van der Waals surface area contributed by atoms with Gasteiger partial charge >= 0.3 is 0 Å². The van der Waals surface area contributed by atoms with Gasteiger partial charge in [-0.3, -0.25) is 9.67 Å². The van der Waals surface area contributed by atoms with Gasteiger partial charge in [0, 0.05) is 38.9 Å². The average molecular weight is 342 g/mol. The number of rotatable bonds is 8. The highest BCUT2D eigenvalue weighted by molar-refractivity contribution is 5.79. The third-order valence-corrected chi connectivity index (χ3v) is 4.20. The van der Waals surface area contributed by atoms with Crippen molar-refractivity contribution in [2.75, 3.05) is 34.2 Å². The minimum atomic E-state index is 0.247. The number of likely N-dealkylation sites (N-methyl/N-ethyl adjacent to an activating group) is 1. The molecule has 0 bridgehead atoms. The monoisotopic (exact) mass is 342 g/mol. The van der Waals surface area contributed by atoms with Gasteiger partial charge in [0.2, 0.25) is 0 Å². The lowest BCUT2D eigenvalue weighted by molar-refractivity contribution is 0.298. The van der Waals surface area contributed by atoms with Gasteiger partial charge in [0.25, 0.3) is 0 Å². The summed E-state index contributed by atoms with van der Waals surface area (Å²) in [6, 6.07) is 10.8. The van der Waals surface area contributed by atoms with Gasteiger partial charge in [0.05, 0.1) is 12.2 Å². The van der Waals surface area contributed by atoms with Crippen LogP contribution in [0.4, 0.5) is 0 Å². The Labute approximate surface area is 151 Å². The van der Waals surface area contributed by atoms with Gasteiger partial charge in [0.1, 0.15) is 0 Å². The van der Waals surface area contributed by atoms with E-state index >= 15 is 0 Å². The highest BCUT2D eigenvalue weighted by Crippen LogP contribution is 2.15. The van der Waals surface area contributed by atoms with Gasteiger partial charge in [-0.05, 0) is 32.5 Å². The van der Waals surface area contributed by atoms with Crippen LogP contribution in [-0.2, 0) is 13.5 Å². The second-order valence-corrected chi connectivity index (χ2v) is 6.40. The molecule has 1 unspecified atom stereocenters. The number of guanidine groups is 1. The number of benzene rings is 1. The van der Waals surface area contributed by atoms with E-state index in [2.05, 4.69) is 76.2 Å². The molecule has 1 heterocycles. The SMILES string of the molecule is CN=C(NCCCc1ccccc1)NCC(c1cnn(C)c1)N(C)C. The van der Waals surface area contributed by atoms with E-state index in [0.717, 1.165) is 31.9 Å². The molecule has 25 heavy (non-hydrogen) atoms. The molecule has 2 N–H and O–H groups in total.